The fourth-order valence-corrected chi connectivity index (χ4v) is 1.99. The van der Waals surface area contributed by atoms with Crippen molar-refractivity contribution in [2.24, 2.45) is 7.05 Å². The van der Waals surface area contributed by atoms with Gasteiger partial charge in [-0.1, -0.05) is 18.2 Å². The van der Waals surface area contributed by atoms with Crippen LogP contribution in [0.15, 0.2) is 41.5 Å². The number of fused-ring (bicyclic) bond motifs is 1. The van der Waals surface area contributed by atoms with Crippen LogP contribution in [-0.2, 0) is 13.6 Å². The molecule has 2 heterocycles. The quantitative estimate of drug-likeness (QED) is 0.733. The summed E-state index contributed by atoms with van der Waals surface area (Å²) in [7, 11) is 1.66. The van der Waals surface area contributed by atoms with Crippen molar-refractivity contribution in [2.45, 2.75) is 6.54 Å². The number of nitrogens with two attached hydrogens (primary N) is 1. The maximum atomic E-state index is 11.8. The molecule has 0 aliphatic heterocycles. The van der Waals surface area contributed by atoms with Crippen LogP contribution in [0.5, 0.6) is 0 Å². The Morgan fingerprint density at radius 2 is 2.11 bits per heavy atom. The lowest BCUT2D eigenvalue weighted by molar-refractivity contribution is 0.647. The molecule has 0 spiro atoms. The van der Waals surface area contributed by atoms with Crippen molar-refractivity contribution < 1.29 is 0 Å². The number of pyridine rings is 1. The third-order valence-corrected chi connectivity index (χ3v) is 3.04. The van der Waals surface area contributed by atoms with E-state index in [1.165, 1.54) is 15.6 Å². The van der Waals surface area contributed by atoms with Crippen molar-refractivity contribution in [3.05, 3.63) is 52.7 Å². The summed E-state index contributed by atoms with van der Waals surface area (Å²) in [5.74, 6) is 0.427. The summed E-state index contributed by atoms with van der Waals surface area (Å²) in [4.78, 5) is 16.1. The van der Waals surface area contributed by atoms with E-state index >= 15 is 0 Å². The maximum Gasteiger partial charge on any atom is 0.345 e. The monoisotopic (exact) mass is 255 g/mol. The van der Waals surface area contributed by atoms with E-state index in [0.29, 0.717) is 12.4 Å². The molecule has 3 rings (SSSR count). The Hall–Kier alpha value is -2.63. The van der Waals surface area contributed by atoms with E-state index in [1.54, 1.807) is 7.05 Å². The van der Waals surface area contributed by atoms with Crippen molar-refractivity contribution in [1.29, 1.82) is 0 Å². The molecule has 0 bridgehead atoms. The van der Waals surface area contributed by atoms with E-state index in [2.05, 4.69) is 10.1 Å². The zero-order valence-corrected chi connectivity index (χ0v) is 10.4. The van der Waals surface area contributed by atoms with Gasteiger partial charge >= 0.3 is 5.69 Å². The molecule has 0 radical (unpaired) electrons. The summed E-state index contributed by atoms with van der Waals surface area (Å²) in [6.07, 6.45) is 1.48. The molecule has 0 saturated carbocycles. The molecule has 0 saturated heterocycles. The van der Waals surface area contributed by atoms with Gasteiger partial charge < -0.3 is 5.73 Å². The van der Waals surface area contributed by atoms with Crippen LogP contribution in [0.25, 0.3) is 10.9 Å². The van der Waals surface area contributed by atoms with Gasteiger partial charge in [0.05, 0.1) is 12.1 Å². The van der Waals surface area contributed by atoms with Gasteiger partial charge in [-0.05, 0) is 12.1 Å². The second kappa shape index (κ2) is 4.24. The molecule has 0 unspecified atom stereocenters. The van der Waals surface area contributed by atoms with Crippen LogP contribution in [0.4, 0.5) is 5.82 Å². The molecule has 0 amide bonds. The number of aryl methyl sites for hydroxylation is 1. The van der Waals surface area contributed by atoms with Crippen molar-refractivity contribution in [2.75, 3.05) is 5.73 Å². The summed E-state index contributed by atoms with van der Waals surface area (Å²) in [6.45, 7) is 0.323. The van der Waals surface area contributed by atoms with Crippen LogP contribution in [0.3, 0.4) is 0 Å². The lowest BCUT2D eigenvalue weighted by Crippen LogP contribution is -2.24. The van der Waals surface area contributed by atoms with Gasteiger partial charge in [0.25, 0.3) is 0 Å². The Balaban J connectivity index is 2.08. The number of benzene rings is 1. The van der Waals surface area contributed by atoms with Gasteiger partial charge in [0.1, 0.15) is 12.1 Å². The number of rotatable bonds is 2. The third-order valence-electron chi connectivity index (χ3n) is 3.04. The van der Waals surface area contributed by atoms with Crippen LogP contribution in [-0.4, -0.2) is 19.3 Å². The number of hydrogen-bond acceptors (Lipinski definition) is 4. The van der Waals surface area contributed by atoms with Crippen molar-refractivity contribution >= 4 is 16.7 Å². The lowest BCUT2D eigenvalue weighted by atomic mass is 10.1. The van der Waals surface area contributed by atoms with E-state index in [0.717, 1.165) is 16.5 Å². The SMILES string of the molecule is Cn1cnn(Cc2cc3ccccc3nc2N)c1=O. The predicted molar refractivity (Wildman–Crippen MR) is 72.7 cm³/mol. The first kappa shape index (κ1) is 11.5. The molecular formula is C13H13N5O. The van der Waals surface area contributed by atoms with Crippen LogP contribution in [0.2, 0.25) is 0 Å². The summed E-state index contributed by atoms with van der Waals surface area (Å²) < 4.78 is 2.78. The van der Waals surface area contributed by atoms with Crippen LogP contribution in [0, 0.1) is 0 Å². The fraction of sp³-hybridized carbons (Fsp3) is 0.154. The number of nitrogens with zero attached hydrogens (tertiary/aromatic N) is 4. The Bertz CT molecular complexity index is 802. The molecule has 96 valence electrons. The number of anilines is 1. The van der Waals surface area contributed by atoms with E-state index in [1.807, 2.05) is 30.3 Å². The molecule has 1 aromatic carbocycles. The highest BCUT2D eigenvalue weighted by atomic mass is 16.2. The van der Waals surface area contributed by atoms with Crippen LogP contribution < -0.4 is 11.4 Å². The van der Waals surface area contributed by atoms with E-state index in [9.17, 15) is 4.79 Å². The number of nitrogen functional groups attached to an aromatic ring is 1. The molecule has 0 atom stereocenters. The van der Waals surface area contributed by atoms with Crippen molar-refractivity contribution in [3.8, 4) is 0 Å². The zero-order valence-electron chi connectivity index (χ0n) is 10.4. The Labute approximate surface area is 109 Å². The number of aromatic nitrogens is 4. The molecular weight excluding hydrogens is 242 g/mol. The summed E-state index contributed by atoms with van der Waals surface area (Å²) >= 11 is 0. The van der Waals surface area contributed by atoms with E-state index < -0.39 is 0 Å². The second-order valence-corrected chi connectivity index (χ2v) is 4.41. The third kappa shape index (κ3) is 1.97. The maximum absolute atomic E-state index is 11.8. The van der Waals surface area contributed by atoms with Crippen molar-refractivity contribution in [1.82, 2.24) is 19.3 Å². The summed E-state index contributed by atoms with van der Waals surface area (Å²) in [5, 5.41) is 5.01. The zero-order chi connectivity index (χ0) is 13.4. The van der Waals surface area contributed by atoms with Gasteiger partial charge in [0.15, 0.2) is 0 Å². The first-order valence-corrected chi connectivity index (χ1v) is 5.88. The van der Waals surface area contributed by atoms with Crippen LogP contribution >= 0.6 is 0 Å². The lowest BCUT2D eigenvalue weighted by Gasteiger charge is -2.06. The predicted octanol–water partition coefficient (Wildman–Crippen LogP) is 0.760. The topological polar surface area (TPSA) is 78.7 Å². The fourth-order valence-electron chi connectivity index (χ4n) is 1.99. The molecule has 0 aliphatic carbocycles. The normalized spacial score (nSPS) is 11.0. The van der Waals surface area contributed by atoms with Gasteiger partial charge in [-0.25, -0.2) is 14.5 Å². The molecule has 19 heavy (non-hydrogen) atoms. The Kier molecular flexibility index (Phi) is 2.56. The minimum Gasteiger partial charge on any atom is -0.383 e. The first-order valence-electron chi connectivity index (χ1n) is 5.88. The van der Waals surface area contributed by atoms with Gasteiger partial charge in [-0.2, -0.15) is 5.10 Å². The van der Waals surface area contributed by atoms with Gasteiger partial charge in [-0.3, -0.25) is 4.57 Å². The van der Waals surface area contributed by atoms with E-state index in [-0.39, 0.29) is 5.69 Å². The molecule has 0 aliphatic rings. The second-order valence-electron chi connectivity index (χ2n) is 4.41. The van der Waals surface area contributed by atoms with Gasteiger partial charge in [0.2, 0.25) is 0 Å². The molecule has 2 N–H and O–H groups in total. The highest BCUT2D eigenvalue weighted by Gasteiger charge is 2.08. The highest BCUT2D eigenvalue weighted by molar-refractivity contribution is 5.81. The van der Waals surface area contributed by atoms with Crippen LogP contribution in [0.1, 0.15) is 5.56 Å². The van der Waals surface area contributed by atoms with Crippen molar-refractivity contribution in [3.63, 3.8) is 0 Å². The average molecular weight is 255 g/mol. The summed E-state index contributed by atoms with van der Waals surface area (Å²) in [5.41, 5.74) is 7.39. The Morgan fingerprint density at radius 1 is 1.32 bits per heavy atom. The average Bonchev–Trinajstić information content (AvgIpc) is 2.71. The first-order chi connectivity index (χ1) is 9.15. The van der Waals surface area contributed by atoms with E-state index in [4.69, 9.17) is 5.73 Å². The number of para-hydroxylation sites is 1. The smallest absolute Gasteiger partial charge is 0.345 e. The number of hydrogen-bond donors (Lipinski definition) is 1. The van der Waals surface area contributed by atoms with Gasteiger partial charge in [-0.15, -0.1) is 0 Å². The Morgan fingerprint density at radius 3 is 2.84 bits per heavy atom. The standard InChI is InChI=1S/C13H13N5O/c1-17-8-15-18(13(17)19)7-10-6-9-4-2-3-5-11(9)16-12(10)14/h2-6,8H,7H2,1H3,(H2,14,16). The molecule has 3 aromatic rings. The van der Waals surface area contributed by atoms with Gasteiger partial charge in [0, 0.05) is 18.0 Å². The minimum absolute atomic E-state index is 0.174. The minimum atomic E-state index is -0.174. The molecule has 0 fully saturated rings. The largest absolute Gasteiger partial charge is 0.383 e. The highest BCUT2D eigenvalue weighted by Crippen LogP contribution is 2.18. The summed E-state index contributed by atoms with van der Waals surface area (Å²) in [6, 6.07) is 9.67. The molecule has 6 nitrogen and oxygen atoms in total. The molecule has 6 heteroatoms. The molecule has 2 aromatic heterocycles.